The molecule has 0 spiro atoms. The molecule has 0 bridgehead atoms. The standard InChI is InChI=1S/C22H20O7/c1-4-9-27-21(23)13-28-16-5-7-17-19(12-16)29-20(22(17)24)11-14-10-15(25-2)6-8-18(14)26-3/h4-8,10-12H,1,9,13H2,2-3H3/b20-11+. The molecule has 2 aromatic carbocycles. The van der Waals surface area contributed by atoms with Crippen molar-refractivity contribution >= 4 is 17.8 Å². The molecule has 0 fully saturated rings. The van der Waals surface area contributed by atoms with E-state index < -0.39 is 5.97 Å². The Hall–Kier alpha value is -3.74. The van der Waals surface area contributed by atoms with E-state index in [1.807, 2.05) is 0 Å². The second-order valence-electron chi connectivity index (χ2n) is 5.97. The lowest BCUT2D eigenvalue weighted by Gasteiger charge is -2.08. The van der Waals surface area contributed by atoms with Gasteiger partial charge in [0.05, 0.1) is 19.8 Å². The van der Waals surface area contributed by atoms with Gasteiger partial charge in [0.1, 0.15) is 29.6 Å². The second-order valence-corrected chi connectivity index (χ2v) is 5.97. The Morgan fingerprint density at radius 3 is 2.62 bits per heavy atom. The highest BCUT2D eigenvalue weighted by Gasteiger charge is 2.28. The molecule has 0 saturated heterocycles. The summed E-state index contributed by atoms with van der Waals surface area (Å²) in [6.45, 7) is 3.33. The molecule has 29 heavy (non-hydrogen) atoms. The van der Waals surface area contributed by atoms with E-state index in [1.54, 1.807) is 56.7 Å². The average Bonchev–Trinajstić information content (AvgIpc) is 3.05. The van der Waals surface area contributed by atoms with E-state index in [-0.39, 0.29) is 24.8 Å². The number of fused-ring (bicyclic) bond motifs is 1. The van der Waals surface area contributed by atoms with Gasteiger partial charge < -0.3 is 23.7 Å². The molecule has 7 nitrogen and oxygen atoms in total. The zero-order valence-electron chi connectivity index (χ0n) is 16.1. The van der Waals surface area contributed by atoms with Crippen molar-refractivity contribution in [2.75, 3.05) is 27.4 Å². The quantitative estimate of drug-likeness (QED) is 0.384. The number of ether oxygens (including phenoxy) is 5. The van der Waals surface area contributed by atoms with Gasteiger partial charge in [-0.2, -0.15) is 0 Å². The fourth-order valence-electron chi connectivity index (χ4n) is 2.69. The smallest absolute Gasteiger partial charge is 0.344 e. The number of methoxy groups -OCH3 is 2. The van der Waals surface area contributed by atoms with Crippen molar-refractivity contribution in [3.05, 3.63) is 65.9 Å². The number of rotatable bonds is 8. The van der Waals surface area contributed by atoms with E-state index >= 15 is 0 Å². The predicted molar refractivity (Wildman–Crippen MR) is 106 cm³/mol. The molecule has 2 aromatic rings. The summed E-state index contributed by atoms with van der Waals surface area (Å²) in [6, 6.07) is 9.99. The molecular formula is C22H20O7. The van der Waals surface area contributed by atoms with E-state index in [0.717, 1.165) is 0 Å². The molecule has 0 unspecified atom stereocenters. The number of benzene rings is 2. The van der Waals surface area contributed by atoms with Crippen molar-refractivity contribution in [2.45, 2.75) is 0 Å². The summed E-state index contributed by atoms with van der Waals surface area (Å²) < 4.78 is 26.5. The highest BCUT2D eigenvalue weighted by Crippen LogP contribution is 2.36. The Balaban J connectivity index is 1.78. The van der Waals surface area contributed by atoms with Gasteiger partial charge in [-0.25, -0.2) is 4.79 Å². The summed E-state index contributed by atoms with van der Waals surface area (Å²) in [5.41, 5.74) is 1.05. The largest absolute Gasteiger partial charge is 0.497 e. The van der Waals surface area contributed by atoms with Crippen molar-refractivity contribution in [2.24, 2.45) is 0 Å². The highest BCUT2D eigenvalue weighted by molar-refractivity contribution is 6.14. The first kappa shape index (κ1) is 20.0. The van der Waals surface area contributed by atoms with Gasteiger partial charge in [0, 0.05) is 11.6 Å². The van der Waals surface area contributed by atoms with Crippen molar-refractivity contribution in [3.8, 4) is 23.0 Å². The van der Waals surface area contributed by atoms with Gasteiger partial charge in [-0.05, 0) is 36.4 Å². The van der Waals surface area contributed by atoms with Crippen LogP contribution in [0.15, 0.2) is 54.8 Å². The normalized spacial score (nSPS) is 13.4. The van der Waals surface area contributed by atoms with E-state index in [4.69, 9.17) is 23.7 Å². The molecule has 7 heteroatoms. The number of hydrogen-bond acceptors (Lipinski definition) is 7. The van der Waals surface area contributed by atoms with Crippen LogP contribution in [0.5, 0.6) is 23.0 Å². The molecule has 0 N–H and O–H groups in total. The Morgan fingerprint density at radius 2 is 1.90 bits per heavy atom. The lowest BCUT2D eigenvalue weighted by Crippen LogP contribution is -2.14. The maximum atomic E-state index is 12.7. The van der Waals surface area contributed by atoms with Crippen LogP contribution in [0.1, 0.15) is 15.9 Å². The predicted octanol–water partition coefficient (Wildman–Crippen LogP) is 3.43. The zero-order chi connectivity index (χ0) is 20.8. The first-order valence-electron chi connectivity index (χ1n) is 8.75. The molecule has 150 valence electrons. The van der Waals surface area contributed by atoms with Gasteiger partial charge in [-0.15, -0.1) is 0 Å². The molecule has 0 amide bonds. The number of allylic oxidation sites excluding steroid dienone is 1. The van der Waals surface area contributed by atoms with Crippen molar-refractivity contribution in [1.82, 2.24) is 0 Å². The lowest BCUT2D eigenvalue weighted by atomic mass is 10.1. The van der Waals surface area contributed by atoms with Crippen LogP contribution in [-0.4, -0.2) is 39.2 Å². The fourth-order valence-corrected chi connectivity index (χ4v) is 2.69. The van der Waals surface area contributed by atoms with Crippen LogP contribution in [-0.2, 0) is 9.53 Å². The van der Waals surface area contributed by atoms with Crippen molar-refractivity contribution < 1.29 is 33.3 Å². The maximum absolute atomic E-state index is 12.7. The van der Waals surface area contributed by atoms with Crippen LogP contribution in [0.2, 0.25) is 0 Å². The molecule has 3 rings (SSSR count). The van der Waals surface area contributed by atoms with Gasteiger partial charge in [0.25, 0.3) is 0 Å². The van der Waals surface area contributed by atoms with Crippen LogP contribution >= 0.6 is 0 Å². The Morgan fingerprint density at radius 1 is 1.10 bits per heavy atom. The van der Waals surface area contributed by atoms with Gasteiger partial charge in [-0.1, -0.05) is 12.7 Å². The van der Waals surface area contributed by atoms with Gasteiger partial charge in [-0.3, -0.25) is 4.79 Å². The molecular weight excluding hydrogens is 376 g/mol. The molecule has 1 aliphatic heterocycles. The van der Waals surface area contributed by atoms with Crippen LogP contribution < -0.4 is 18.9 Å². The zero-order valence-corrected chi connectivity index (χ0v) is 16.1. The topological polar surface area (TPSA) is 80.3 Å². The van der Waals surface area contributed by atoms with E-state index in [0.29, 0.717) is 34.1 Å². The summed E-state index contributed by atoms with van der Waals surface area (Å²) >= 11 is 0. The number of ketones is 1. The van der Waals surface area contributed by atoms with Crippen LogP contribution in [0.25, 0.3) is 6.08 Å². The molecule has 1 aliphatic rings. The molecule has 0 atom stereocenters. The highest BCUT2D eigenvalue weighted by atomic mass is 16.6. The van der Waals surface area contributed by atoms with Crippen LogP contribution in [0.3, 0.4) is 0 Å². The minimum absolute atomic E-state index is 0.117. The summed E-state index contributed by atoms with van der Waals surface area (Å²) in [4.78, 5) is 24.2. The third-order valence-corrected chi connectivity index (χ3v) is 4.08. The molecule has 0 aromatic heterocycles. The number of carbonyl (C=O) groups excluding carboxylic acids is 2. The minimum Gasteiger partial charge on any atom is -0.497 e. The van der Waals surface area contributed by atoms with E-state index in [2.05, 4.69) is 6.58 Å². The average molecular weight is 396 g/mol. The SMILES string of the molecule is C=CCOC(=O)COc1ccc2c(c1)O/C(=C/c1cc(OC)ccc1OC)C2=O. The lowest BCUT2D eigenvalue weighted by molar-refractivity contribution is -0.144. The minimum atomic E-state index is -0.520. The molecule has 1 heterocycles. The summed E-state index contributed by atoms with van der Waals surface area (Å²) in [5, 5.41) is 0. The van der Waals surface area contributed by atoms with Crippen molar-refractivity contribution in [1.29, 1.82) is 0 Å². The number of carbonyl (C=O) groups is 2. The van der Waals surface area contributed by atoms with Gasteiger partial charge >= 0.3 is 5.97 Å². The molecule has 0 radical (unpaired) electrons. The number of Topliss-reactive ketones (excluding diaryl/α,β-unsaturated/α-hetero) is 1. The summed E-state index contributed by atoms with van der Waals surface area (Å²) in [6.07, 6.45) is 3.06. The fraction of sp³-hybridized carbons (Fsp3) is 0.182. The molecule has 0 aliphatic carbocycles. The van der Waals surface area contributed by atoms with Crippen molar-refractivity contribution in [3.63, 3.8) is 0 Å². The summed E-state index contributed by atoms with van der Waals surface area (Å²) in [5.74, 6) is 1.30. The monoisotopic (exact) mass is 396 g/mol. The Labute approximate surface area is 168 Å². The third-order valence-electron chi connectivity index (χ3n) is 4.08. The van der Waals surface area contributed by atoms with Crippen LogP contribution in [0, 0.1) is 0 Å². The Kier molecular flexibility index (Phi) is 6.19. The first-order chi connectivity index (χ1) is 14.0. The van der Waals surface area contributed by atoms with Gasteiger partial charge in [0.15, 0.2) is 12.4 Å². The van der Waals surface area contributed by atoms with Gasteiger partial charge in [0.2, 0.25) is 5.78 Å². The summed E-state index contributed by atoms with van der Waals surface area (Å²) in [7, 11) is 3.10. The first-order valence-corrected chi connectivity index (χ1v) is 8.75. The molecule has 0 saturated carbocycles. The van der Waals surface area contributed by atoms with E-state index in [1.165, 1.54) is 6.08 Å². The number of hydrogen-bond donors (Lipinski definition) is 0. The van der Waals surface area contributed by atoms with Crippen LogP contribution in [0.4, 0.5) is 0 Å². The second kappa shape index (κ2) is 8.97. The third kappa shape index (κ3) is 4.57. The van der Waals surface area contributed by atoms with E-state index in [9.17, 15) is 9.59 Å². The maximum Gasteiger partial charge on any atom is 0.344 e. The Bertz CT molecular complexity index is 975. The number of esters is 1.